The number of nitrogens with zero attached hydrogens (tertiary/aromatic N) is 1. The summed E-state index contributed by atoms with van der Waals surface area (Å²) in [6.45, 7) is 0. The van der Waals surface area contributed by atoms with Crippen LogP contribution in [0, 0.1) is 23.7 Å². The summed E-state index contributed by atoms with van der Waals surface area (Å²) in [4.78, 5) is 27.4. The van der Waals surface area contributed by atoms with Crippen molar-refractivity contribution in [2.24, 2.45) is 23.7 Å². The van der Waals surface area contributed by atoms with E-state index in [4.69, 9.17) is 4.74 Å². The number of fused-ring (bicyclic) bond motifs is 6. The van der Waals surface area contributed by atoms with Crippen molar-refractivity contribution in [3.8, 4) is 11.5 Å². The Bertz CT molecular complexity index is 1100. The molecule has 0 unspecified atom stereocenters. The van der Waals surface area contributed by atoms with E-state index in [9.17, 15) is 9.59 Å². The zero-order valence-electron chi connectivity index (χ0n) is 16.0. The van der Waals surface area contributed by atoms with Gasteiger partial charge in [0, 0.05) is 5.39 Å². The highest BCUT2D eigenvalue weighted by atomic mass is 16.5. The van der Waals surface area contributed by atoms with Crippen molar-refractivity contribution in [3.05, 3.63) is 66.7 Å². The molecule has 144 valence electrons. The van der Waals surface area contributed by atoms with Gasteiger partial charge in [-0.2, -0.15) is 0 Å². The summed E-state index contributed by atoms with van der Waals surface area (Å²) in [6.07, 6.45) is 3.24. The molecule has 2 bridgehead atoms. The van der Waals surface area contributed by atoms with E-state index < -0.39 is 0 Å². The maximum atomic E-state index is 13.0. The Morgan fingerprint density at radius 1 is 0.759 bits per heavy atom. The number of hydrogen-bond donors (Lipinski definition) is 0. The molecule has 2 saturated carbocycles. The predicted octanol–water partition coefficient (Wildman–Crippen LogP) is 5.17. The van der Waals surface area contributed by atoms with E-state index in [0.29, 0.717) is 23.3 Å². The summed E-state index contributed by atoms with van der Waals surface area (Å²) in [7, 11) is 0. The van der Waals surface area contributed by atoms with Crippen molar-refractivity contribution in [2.75, 3.05) is 4.90 Å². The van der Waals surface area contributed by atoms with Crippen LogP contribution in [0.2, 0.25) is 0 Å². The Hall–Kier alpha value is -3.14. The molecule has 6 rings (SSSR count). The highest BCUT2D eigenvalue weighted by Gasteiger charge is 2.61. The standard InChI is InChI=1S/C25H21NO3/c27-24-22-16-8-9-17(14-16)23(22)25(28)26(24)18-10-12-19(13-11-18)29-21-7-3-5-15-4-1-2-6-20(15)21/h1-7,10-13,16-17,22-23H,8-9,14H2/t16-,17-,22-,23+/m0/s1. The van der Waals surface area contributed by atoms with Crippen LogP contribution in [0.25, 0.3) is 10.8 Å². The number of hydrogen-bond acceptors (Lipinski definition) is 3. The summed E-state index contributed by atoms with van der Waals surface area (Å²) in [5.41, 5.74) is 0.652. The molecule has 4 atom stereocenters. The van der Waals surface area contributed by atoms with Crippen molar-refractivity contribution in [1.82, 2.24) is 0 Å². The Labute approximate surface area is 169 Å². The second-order valence-electron chi connectivity index (χ2n) is 8.47. The van der Waals surface area contributed by atoms with Crippen molar-refractivity contribution in [2.45, 2.75) is 19.3 Å². The molecule has 0 N–H and O–H groups in total. The number of amides is 2. The van der Waals surface area contributed by atoms with Gasteiger partial charge < -0.3 is 4.74 Å². The highest BCUT2D eigenvalue weighted by Crippen LogP contribution is 2.56. The first-order valence-electron chi connectivity index (χ1n) is 10.3. The van der Waals surface area contributed by atoms with Crippen LogP contribution in [-0.4, -0.2) is 11.8 Å². The van der Waals surface area contributed by atoms with Crippen molar-refractivity contribution >= 4 is 28.3 Å². The second-order valence-corrected chi connectivity index (χ2v) is 8.47. The van der Waals surface area contributed by atoms with Crippen LogP contribution in [0.4, 0.5) is 5.69 Å². The number of carbonyl (C=O) groups is 2. The van der Waals surface area contributed by atoms with Crippen LogP contribution in [-0.2, 0) is 9.59 Å². The largest absolute Gasteiger partial charge is 0.457 e. The first kappa shape index (κ1) is 16.8. The summed E-state index contributed by atoms with van der Waals surface area (Å²) in [5, 5.41) is 2.17. The Kier molecular flexibility index (Phi) is 3.58. The Balaban J connectivity index is 1.27. The number of anilines is 1. The lowest BCUT2D eigenvalue weighted by molar-refractivity contribution is -0.123. The van der Waals surface area contributed by atoms with E-state index in [0.717, 1.165) is 35.8 Å². The third-order valence-electron chi connectivity index (χ3n) is 7.00. The molecule has 3 fully saturated rings. The van der Waals surface area contributed by atoms with Crippen LogP contribution in [0.5, 0.6) is 11.5 Å². The maximum Gasteiger partial charge on any atom is 0.237 e. The predicted molar refractivity (Wildman–Crippen MR) is 111 cm³/mol. The van der Waals surface area contributed by atoms with Gasteiger partial charge in [-0.1, -0.05) is 36.4 Å². The van der Waals surface area contributed by atoms with Gasteiger partial charge >= 0.3 is 0 Å². The molecule has 2 aliphatic carbocycles. The van der Waals surface area contributed by atoms with Gasteiger partial charge in [-0.3, -0.25) is 14.5 Å². The second kappa shape index (κ2) is 6.18. The van der Waals surface area contributed by atoms with E-state index in [2.05, 4.69) is 12.1 Å². The Morgan fingerprint density at radius 2 is 1.41 bits per heavy atom. The minimum atomic E-state index is -0.0899. The summed E-state index contributed by atoms with van der Waals surface area (Å²) >= 11 is 0. The molecule has 3 aromatic carbocycles. The highest BCUT2D eigenvalue weighted by molar-refractivity contribution is 6.22. The maximum absolute atomic E-state index is 13.0. The van der Waals surface area contributed by atoms with Gasteiger partial charge in [0.15, 0.2) is 0 Å². The van der Waals surface area contributed by atoms with Crippen molar-refractivity contribution < 1.29 is 14.3 Å². The molecule has 0 spiro atoms. The topological polar surface area (TPSA) is 46.6 Å². The molecule has 1 aliphatic heterocycles. The first-order valence-corrected chi connectivity index (χ1v) is 10.3. The fourth-order valence-corrected chi connectivity index (χ4v) is 5.74. The lowest BCUT2D eigenvalue weighted by Crippen LogP contribution is -2.32. The first-order chi connectivity index (χ1) is 14.2. The Morgan fingerprint density at radius 3 is 2.14 bits per heavy atom. The van der Waals surface area contributed by atoms with Gasteiger partial charge in [-0.25, -0.2) is 0 Å². The smallest absolute Gasteiger partial charge is 0.237 e. The average molecular weight is 383 g/mol. The molecule has 1 saturated heterocycles. The molecule has 3 aromatic rings. The molecular weight excluding hydrogens is 362 g/mol. The third kappa shape index (κ3) is 2.45. The fourth-order valence-electron chi connectivity index (χ4n) is 5.74. The lowest BCUT2D eigenvalue weighted by Gasteiger charge is -2.19. The molecule has 2 amide bonds. The van der Waals surface area contributed by atoms with Crippen LogP contribution >= 0.6 is 0 Å². The molecule has 0 radical (unpaired) electrons. The monoisotopic (exact) mass is 383 g/mol. The van der Waals surface area contributed by atoms with Crippen LogP contribution in [0.3, 0.4) is 0 Å². The number of carbonyl (C=O) groups excluding carboxylic acids is 2. The average Bonchev–Trinajstić information content (AvgIpc) is 3.43. The van der Waals surface area contributed by atoms with Crippen LogP contribution in [0.1, 0.15) is 19.3 Å². The molecule has 1 heterocycles. The van der Waals surface area contributed by atoms with Gasteiger partial charge in [0.1, 0.15) is 11.5 Å². The number of imide groups is 1. The molecule has 3 aliphatic rings. The van der Waals surface area contributed by atoms with Gasteiger partial charge in [-0.15, -0.1) is 0 Å². The minimum absolute atomic E-state index is 0.00470. The molecular formula is C25H21NO3. The number of benzene rings is 3. The SMILES string of the molecule is O=C1[C@@H]2[C@H]3CC[C@@H](C3)[C@@H]2C(=O)N1c1ccc(Oc2cccc3ccccc23)cc1. The summed E-state index contributed by atoms with van der Waals surface area (Å²) < 4.78 is 6.09. The third-order valence-corrected chi connectivity index (χ3v) is 7.00. The zero-order valence-corrected chi connectivity index (χ0v) is 16.0. The fraction of sp³-hybridized carbons (Fsp3) is 0.280. The van der Waals surface area contributed by atoms with E-state index in [1.165, 1.54) is 4.90 Å². The van der Waals surface area contributed by atoms with Gasteiger partial charge in [-0.05, 0) is 66.8 Å². The van der Waals surface area contributed by atoms with Gasteiger partial charge in [0.25, 0.3) is 0 Å². The van der Waals surface area contributed by atoms with Gasteiger partial charge in [0.05, 0.1) is 17.5 Å². The molecule has 29 heavy (non-hydrogen) atoms. The number of rotatable bonds is 3. The zero-order chi connectivity index (χ0) is 19.5. The van der Waals surface area contributed by atoms with Crippen LogP contribution in [0.15, 0.2) is 66.7 Å². The summed E-state index contributed by atoms with van der Waals surface area (Å²) in [5.74, 6) is 2.09. The quantitative estimate of drug-likeness (QED) is 0.587. The van der Waals surface area contributed by atoms with E-state index in [1.54, 1.807) is 0 Å². The van der Waals surface area contributed by atoms with Crippen LogP contribution < -0.4 is 9.64 Å². The number of ether oxygens (including phenoxy) is 1. The van der Waals surface area contributed by atoms with Gasteiger partial charge in [0.2, 0.25) is 11.8 Å². The van der Waals surface area contributed by atoms with Crippen molar-refractivity contribution in [1.29, 1.82) is 0 Å². The molecule has 4 heteroatoms. The lowest BCUT2D eigenvalue weighted by atomic mass is 9.81. The minimum Gasteiger partial charge on any atom is -0.457 e. The van der Waals surface area contributed by atoms with E-state index in [-0.39, 0.29) is 23.7 Å². The molecule has 0 aromatic heterocycles. The summed E-state index contributed by atoms with van der Waals surface area (Å²) in [6, 6.07) is 21.4. The van der Waals surface area contributed by atoms with E-state index >= 15 is 0 Å². The molecule has 4 nitrogen and oxygen atoms in total. The van der Waals surface area contributed by atoms with E-state index in [1.807, 2.05) is 54.6 Å². The van der Waals surface area contributed by atoms with Crippen molar-refractivity contribution in [3.63, 3.8) is 0 Å². The normalized spacial score (nSPS) is 27.7.